The average Bonchev–Trinajstić information content (AvgIpc) is 2.61. The van der Waals surface area contributed by atoms with Crippen LogP contribution < -0.4 is 10.0 Å². The number of rotatable bonds is 4. The molecule has 0 saturated heterocycles. The molecule has 0 aromatic carbocycles. The first-order valence-electron chi connectivity index (χ1n) is 5.65. The summed E-state index contributed by atoms with van der Waals surface area (Å²) in [6.07, 6.45) is 1.50. The van der Waals surface area contributed by atoms with E-state index in [1.165, 1.54) is 11.3 Å². The van der Waals surface area contributed by atoms with E-state index in [2.05, 4.69) is 10.0 Å². The molecule has 2 rings (SSSR count). The van der Waals surface area contributed by atoms with Gasteiger partial charge < -0.3 is 5.32 Å². The summed E-state index contributed by atoms with van der Waals surface area (Å²) in [5.74, 6) is 0. The third kappa shape index (κ3) is 3.49. The van der Waals surface area contributed by atoms with E-state index in [4.69, 9.17) is 0 Å². The number of nitrogens with one attached hydrogen (secondary N) is 2. The highest BCUT2D eigenvalue weighted by atomic mass is 32.3. The van der Waals surface area contributed by atoms with Crippen LogP contribution in [0.25, 0.3) is 0 Å². The molecule has 1 aliphatic rings. The number of nitrogens with zero attached hydrogens (tertiary/aromatic N) is 1. The fraction of sp³-hybridized carbons (Fsp3) is 0.500. The molecule has 7 nitrogen and oxygen atoms in total. The normalized spacial score (nSPS) is 15.4. The van der Waals surface area contributed by atoms with Crippen LogP contribution in [0.3, 0.4) is 0 Å². The van der Waals surface area contributed by atoms with Crippen molar-refractivity contribution in [2.24, 2.45) is 0 Å². The standard InChI is InChI=1S/C10H13N3O4S3/c1-19(14,15)6-20(16,17)13-10-8(4-11)7-2-3-12-5-9(7)18-10/h12-13H,2-3,5-6H2,1H3. The second kappa shape index (κ2) is 5.33. The molecule has 2 heterocycles. The Morgan fingerprint density at radius 2 is 2.10 bits per heavy atom. The summed E-state index contributed by atoms with van der Waals surface area (Å²) in [6, 6.07) is 2.00. The van der Waals surface area contributed by atoms with Gasteiger partial charge in [-0.15, -0.1) is 11.3 Å². The third-order valence-electron chi connectivity index (χ3n) is 2.66. The predicted molar refractivity (Wildman–Crippen MR) is 76.7 cm³/mol. The van der Waals surface area contributed by atoms with Crippen molar-refractivity contribution in [1.29, 1.82) is 5.26 Å². The zero-order chi connectivity index (χ0) is 15.0. The Hall–Kier alpha value is -1.15. The Kier molecular flexibility index (Phi) is 4.06. The van der Waals surface area contributed by atoms with E-state index in [0.717, 1.165) is 23.2 Å². The highest BCUT2D eigenvalue weighted by molar-refractivity contribution is 8.08. The zero-order valence-electron chi connectivity index (χ0n) is 10.6. The van der Waals surface area contributed by atoms with Gasteiger partial charge in [0.15, 0.2) is 14.9 Å². The summed E-state index contributed by atoms with van der Waals surface area (Å²) in [7, 11) is -7.69. The lowest BCUT2D eigenvalue weighted by Gasteiger charge is -2.11. The topological polar surface area (TPSA) is 116 Å². The van der Waals surface area contributed by atoms with Gasteiger partial charge in [0.2, 0.25) is 10.0 Å². The summed E-state index contributed by atoms with van der Waals surface area (Å²) >= 11 is 1.17. The second-order valence-electron chi connectivity index (χ2n) is 4.51. The van der Waals surface area contributed by atoms with Gasteiger partial charge in [0, 0.05) is 17.7 Å². The predicted octanol–water partition coefficient (Wildman–Crippen LogP) is 0.00928. The second-order valence-corrected chi connectivity index (χ2v) is 9.84. The van der Waals surface area contributed by atoms with Crippen molar-refractivity contribution < 1.29 is 16.8 Å². The van der Waals surface area contributed by atoms with Crippen molar-refractivity contribution in [1.82, 2.24) is 5.32 Å². The van der Waals surface area contributed by atoms with Crippen LogP contribution in [0, 0.1) is 11.3 Å². The van der Waals surface area contributed by atoms with Crippen molar-refractivity contribution in [2.45, 2.75) is 13.0 Å². The Balaban J connectivity index is 2.35. The lowest BCUT2D eigenvalue weighted by Crippen LogP contribution is -2.22. The molecule has 0 fully saturated rings. The third-order valence-corrected chi connectivity index (χ3v) is 7.40. The quantitative estimate of drug-likeness (QED) is 0.800. The van der Waals surface area contributed by atoms with E-state index in [1.54, 1.807) is 0 Å². The molecule has 20 heavy (non-hydrogen) atoms. The minimum atomic E-state index is -4.02. The number of sulfone groups is 1. The molecule has 0 saturated carbocycles. The largest absolute Gasteiger partial charge is 0.312 e. The van der Waals surface area contributed by atoms with E-state index in [1.807, 2.05) is 6.07 Å². The van der Waals surface area contributed by atoms with Gasteiger partial charge in [-0.2, -0.15) is 5.26 Å². The molecule has 0 radical (unpaired) electrons. The van der Waals surface area contributed by atoms with E-state index in [-0.39, 0.29) is 5.00 Å². The van der Waals surface area contributed by atoms with Crippen LogP contribution in [-0.4, -0.2) is 34.7 Å². The maximum Gasteiger partial charge on any atom is 0.247 e. The SMILES string of the molecule is CS(=O)(=O)CS(=O)(=O)Nc1sc2c(c1C#N)CCNC2. The van der Waals surface area contributed by atoms with Gasteiger partial charge in [-0.25, -0.2) is 16.8 Å². The molecular weight excluding hydrogens is 322 g/mol. The van der Waals surface area contributed by atoms with E-state index in [0.29, 0.717) is 18.5 Å². The number of hydrogen-bond acceptors (Lipinski definition) is 7. The maximum atomic E-state index is 11.8. The average molecular weight is 335 g/mol. The molecule has 1 aromatic heterocycles. The number of hydrogen-bond donors (Lipinski definition) is 2. The van der Waals surface area contributed by atoms with E-state index < -0.39 is 24.9 Å². The molecule has 1 aliphatic heterocycles. The van der Waals surface area contributed by atoms with Gasteiger partial charge in [0.1, 0.15) is 11.1 Å². The van der Waals surface area contributed by atoms with E-state index in [9.17, 15) is 22.1 Å². The number of thiophene rings is 1. The minimum absolute atomic E-state index is 0.199. The maximum absolute atomic E-state index is 11.8. The smallest absolute Gasteiger partial charge is 0.247 e. The molecule has 1 aromatic rings. The summed E-state index contributed by atoms with van der Waals surface area (Å²) in [4.78, 5) is 0.907. The van der Waals surface area contributed by atoms with Crippen LogP contribution in [0.5, 0.6) is 0 Å². The summed E-state index contributed by atoms with van der Waals surface area (Å²) in [5.41, 5.74) is 1.14. The Morgan fingerprint density at radius 1 is 1.40 bits per heavy atom. The highest BCUT2D eigenvalue weighted by Gasteiger charge is 2.25. The Labute approximate surface area is 121 Å². The highest BCUT2D eigenvalue weighted by Crippen LogP contribution is 2.35. The summed E-state index contributed by atoms with van der Waals surface area (Å²) < 4.78 is 48.0. The monoisotopic (exact) mass is 335 g/mol. The molecule has 0 atom stereocenters. The van der Waals surface area contributed by atoms with Crippen LogP contribution in [0.15, 0.2) is 0 Å². The molecule has 0 unspecified atom stereocenters. The van der Waals surface area contributed by atoms with Gasteiger partial charge in [-0.1, -0.05) is 0 Å². The van der Waals surface area contributed by atoms with Crippen molar-refractivity contribution in [3.63, 3.8) is 0 Å². The van der Waals surface area contributed by atoms with Crippen LogP contribution in [0.4, 0.5) is 5.00 Å². The lowest BCUT2D eigenvalue weighted by atomic mass is 10.1. The van der Waals surface area contributed by atoms with Gasteiger partial charge >= 0.3 is 0 Å². The number of anilines is 1. The first kappa shape index (κ1) is 15.2. The fourth-order valence-electron chi connectivity index (χ4n) is 1.98. The van der Waals surface area contributed by atoms with Gasteiger partial charge in [-0.05, 0) is 18.5 Å². The molecule has 0 aliphatic carbocycles. The van der Waals surface area contributed by atoms with Gasteiger partial charge in [0.25, 0.3) is 0 Å². The van der Waals surface area contributed by atoms with Crippen LogP contribution in [0.2, 0.25) is 0 Å². The molecule has 0 amide bonds. The fourth-order valence-corrected chi connectivity index (χ4v) is 6.42. The molecule has 10 heteroatoms. The van der Waals surface area contributed by atoms with Crippen LogP contribution in [0.1, 0.15) is 16.0 Å². The molecule has 0 bridgehead atoms. The first-order chi connectivity index (χ1) is 9.22. The van der Waals surface area contributed by atoms with Gasteiger partial charge in [0.05, 0.1) is 5.56 Å². The Morgan fingerprint density at radius 3 is 2.70 bits per heavy atom. The number of sulfonamides is 1. The van der Waals surface area contributed by atoms with Crippen molar-refractivity contribution in [3.05, 3.63) is 16.0 Å². The Bertz CT molecular complexity index is 771. The van der Waals surface area contributed by atoms with Crippen molar-refractivity contribution in [2.75, 3.05) is 22.6 Å². The van der Waals surface area contributed by atoms with Crippen molar-refractivity contribution >= 4 is 36.2 Å². The first-order valence-corrected chi connectivity index (χ1v) is 10.2. The lowest BCUT2D eigenvalue weighted by molar-refractivity contribution is 0.595. The summed E-state index contributed by atoms with van der Waals surface area (Å²) in [5, 5.41) is 11.5. The van der Waals surface area contributed by atoms with E-state index >= 15 is 0 Å². The van der Waals surface area contributed by atoms with Crippen LogP contribution >= 0.6 is 11.3 Å². The van der Waals surface area contributed by atoms with Gasteiger partial charge in [-0.3, -0.25) is 4.72 Å². The molecule has 2 N–H and O–H groups in total. The molecular formula is C10H13N3O4S3. The molecule has 110 valence electrons. The molecule has 0 spiro atoms. The van der Waals surface area contributed by atoms with Crippen molar-refractivity contribution in [3.8, 4) is 6.07 Å². The number of fused-ring (bicyclic) bond motifs is 1. The van der Waals surface area contributed by atoms with Crippen LogP contribution in [-0.2, 0) is 32.8 Å². The zero-order valence-corrected chi connectivity index (χ0v) is 13.1. The summed E-state index contributed by atoms with van der Waals surface area (Å²) in [6.45, 7) is 1.32. The number of nitriles is 1. The minimum Gasteiger partial charge on any atom is -0.312 e.